The van der Waals surface area contributed by atoms with Crippen molar-refractivity contribution in [2.24, 2.45) is 17.8 Å². The molecule has 6 atom stereocenters. The molecule has 3 amide bonds. The van der Waals surface area contributed by atoms with E-state index in [0.29, 0.717) is 19.6 Å². The summed E-state index contributed by atoms with van der Waals surface area (Å²) >= 11 is 1.60. The first kappa shape index (κ1) is 24.3. The number of carbonyl (C=O) groups excluding carboxylic acids is 3. The molecule has 7 nitrogen and oxygen atoms in total. The minimum absolute atomic E-state index is 0.0170. The van der Waals surface area contributed by atoms with Crippen molar-refractivity contribution in [3.05, 3.63) is 24.3 Å². The zero-order valence-electron chi connectivity index (χ0n) is 20.1. The Labute approximate surface area is 201 Å². The van der Waals surface area contributed by atoms with Crippen LogP contribution in [0.25, 0.3) is 0 Å². The average molecular weight is 476 g/mol. The number of thioether (sulfide) groups is 1. The van der Waals surface area contributed by atoms with E-state index in [2.05, 4.69) is 6.92 Å². The van der Waals surface area contributed by atoms with E-state index in [9.17, 15) is 19.5 Å². The Morgan fingerprint density at radius 3 is 2.55 bits per heavy atom. The van der Waals surface area contributed by atoms with Gasteiger partial charge in [-0.2, -0.15) is 0 Å². The van der Waals surface area contributed by atoms with Crippen LogP contribution in [0.15, 0.2) is 24.3 Å². The molecule has 4 heterocycles. The summed E-state index contributed by atoms with van der Waals surface area (Å²) in [6.45, 7) is 7.56. The summed E-state index contributed by atoms with van der Waals surface area (Å²) in [6.07, 6.45) is 11.1. The smallest absolute Gasteiger partial charge is 0.247 e. The lowest BCUT2D eigenvalue weighted by molar-refractivity contribution is -0.147. The second-order valence-corrected chi connectivity index (χ2v) is 11.6. The van der Waals surface area contributed by atoms with E-state index < -0.39 is 28.7 Å². The van der Waals surface area contributed by atoms with Crippen LogP contribution in [0.5, 0.6) is 0 Å². The molecule has 0 aromatic heterocycles. The first-order valence-electron chi connectivity index (χ1n) is 12.3. The molecule has 4 aliphatic rings. The number of hydrogen-bond acceptors (Lipinski definition) is 5. The molecule has 8 heteroatoms. The van der Waals surface area contributed by atoms with Gasteiger partial charge in [0.25, 0.3) is 0 Å². The zero-order valence-corrected chi connectivity index (χ0v) is 21.0. The summed E-state index contributed by atoms with van der Waals surface area (Å²) in [5.41, 5.74) is 0. The minimum Gasteiger partial charge on any atom is -0.394 e. The molecule has 2 saturated heterocycles. The van der Waals surface area contributed by atoms with E-state index in [1.807, 2.05) is 43.1 Å². The van der Waals surface area contributed by atoms with Gasteiger partial charge in [-0.15, -0.1) is 11.8 Å². The van der Waals surface area contributed by atoms with E-state index in [-0.39, 0.29) is 35.5 Å². The highest BCUT2D eigenvalue weighted by Gasteiger charge is 2.71. The molecule has 2 fully saturated rings. The Bertz CT molecular complexity index is 859. The van der Waals surface area contributed by atoms with Crippen LogP contribution in [0.3, 0.4) is 0 Å². The van der Waals surface area contributed by atoms with Gasteiger partial charge < -0.3 is 19.8 Å². The van der Waals surface area contributed by atoms with Gasteiger partial charge in [-0.25, -0.2) is 0 Å². The maximum absolute atomic E-state index is 14.1. The predicted octanol–water partition coefficient (Wildman–Crippen LogP) is 1.92. The van der Waals surface area contributed by atoms with Gasteiger partial charge in [-0.3, -0.25) is 14.4 Å². The maximum Gasteiger partial charge on any atom is 0.247 e. The van der Waals surface area contributed by atoms with Crippen molar-refractivity contribution >= 4 is 29.5 Å². The minimum atomic E-state index is -0.802. The van der Waals surface area contributed by atoms with Gasteiger partial charge in [0, 0.05) is 31.9 Å². The molecular weight excluding hydrogens is 438 g/mol. The van der Waals surface area contributed by atoms with Crippen molar-refractivity contribution in [2.45, 2.75) is 62.1 Å². The fraction of sp³-hybridized carbons (Fsp3) is 0.720. The summed E-state index contributed by atoms with van der Waals surface area (Å²) in [7, 11) is 1.77. The van der Waals surface area contributed by atoms with Crippen molar-refractivity contribution in [3.63, 3.8) is 0 Å². The Morgan fingerprint density at radius 1 is 1.12 bits per heavy atom. The number of fused-ring (bicyclic) bond motifs is 2. The Morgan fingerprint density at radius 2 is 1.88 bits per heavy atom. The van der Waals surface area contributed by atoms with E-state index in [1.165, 1.54) is 0 Å². The van der Waals surface area contributed by atoms with Crippen molar-refractivity contribution in [1.82, 2.24) is 14.7 Å². The van der Waals surface area contributed by atoms with Gasteiger partial charge >= 0.3 is 0 Å². The quantitative estimate of drug-likeness (QED) is 0.449. The number of aliphatic hydroxyl groups is 1. The molecule has 0 radical (unpaired) electrons. The van der Waals surface area contributed by atoms with Crippen LogP contribution < -0.4 is 0 Å². The first-order chi connectivity index (χ1) is 15.8. The van der Waals surface area contributed by atoms with Gasteiger partial charge in [-0.1, -0.05) is 57.9 Å². The van der Waals surface area contributed by atoms with Crippen molar-refractivity contribution < 1.29 is 19.5 Å². The van der Waals surface area contributed by atoms with Crippen LogP contribution in [0, 0.1) is 17.8 Å². The first-order valence-corrected chi connectivity index (χ1v) is 13.1. The number of carbonyl (C=O) groups is 3. The van der Waals surface area contributed by atoms with Crippen molar-refractivity contribution in [2.75, 3.05) is 33.3 Å². The number of rotatable bonds is 7. The number of unbranched alkanes of at least 4 members (excludes halogenated alkanes) is 2. The highest BCUT2D eigenvalue weighted by atomic mass is 32.2. The molecule has 1 N–H and O–H groups in total. The average Bonchev–Trinajstić information content (AvgIpc) is 3.10. The second-order valence-electron chi connectivity index (χ2n) is 10.1. The monoisotopic (exact) mass is 475 g/mol. The van der Waals surface area contributed by atoms with E-state index in [0.717, 1.165) is 19.3 Å². The molecule has 0 saturated carbocycles. The largest absolute Gasteiger partial charge is 0.394 e. The maximum atomic E-state index is 14.1. The van der Waals surface area contributed by atoms with E-state index in [1.54, 1.807) is 28.6 Å². The number of hydrogen-bond donors (Lipinski definition) is 1. The highest BCUT2D eigenvalue weighted by molar-refractivity contribution is 8.02. The normalized spacial score (nSPS) is 34.5. The third-order valence-corrected chi connectivity index (χ3v) is 9.47. The molecule has 0 bridgehead atoms. The topological polar surface area (TPSA) is 81.2 Å². The van der Waals surface area contributed by atoms with Crippen LogP contribution in [0.2, 0.25) is 0 Å². The second kappa shape index (κ2) is 9.45. The number of amides is 3. The SMILES string of the molecule is CCCCCN1CC=C[C@]23S[C@H]4C=CCN(C)C(=O)[C@H]4[C@H]2C(=O)N([C@@H](CO)C(C)C)C3C1=O. The Kier molecular flexibility index (Phi) is 6.97. The Hall–Kier alpha value is -1.80. The van der Waals surface area contributed by atoms with Gasteiger partial charge in [0.15, 0.2) is 0 Å². The molecule has 0 aliphatic carbocycles. The van der Waals surface area contributed by atoms with Gasteiger partial charge in [0.05, 0.1) is 29.2 Å². The highest BCUT2D eigenvalue weighted by Crippen LogP contribution is 2.61. The number of nitrogens with zero attached hydrogens (tertiary/aromatic N) is 3. The lowest BCUT2D eigenvalue weighted by Gasteiger charge is -2.39. The van der Waals surface area contributed by atoms with Gasteiger partial charge in [-0.05, 0) is 12.3 Å². The molecule has 1 unspecified atom stereocenters. The summed E-state index contributed by atoms with van der Waals surface area (Å²) in [4.78, 5) is 46.8. The third-order valence-electron chi connectivity index (χ3n) is 7.73. The van der Waals surface area contributed by atoms with E-state index in [4.69, 9.17) is 0 Å². The lowest BCUT2D eigenvalue weighted by Crippen LogP contribution is -2.57. The van der Waals surface area contributed by atoms with Crippen LogP contribution in [0.1, 0.15) is 40.0 Å². The Balaban J connectivity index is 1.81. The summed E-state index contributed by atoms with van der Waals surface area (Å²) in [5.74, 6) is -1.40. The molecule has 33 heavy (non-hydrogen) atoms. The van der Waals surface area contributed by atoms with Crippen LogP contribution in [0.4, 0.5) is 0 Å². The molecule has 182 valence electrons. The number of aliphatic hydroxyl groups excluding tert-OH is 1. The molecule has 4 aliphatic heterocycles. The molecule has 4 rings (SSSR count). The van der Waals surface area contributed by atoms with Gasteiger partial charge in [0.2, 0.25) is 17.7 Å². The summed E-state index contributed by atoms with van der Waals surface area (Å²) in [5, 5.41) is 10.1. The lowest BCUT2D eigenvalue weighted by atomic mass is 9.78. The van der Waals surface area contributed by atoms with Crippen molar-refractivity contribution in [1.29, 1.82) is 0 Å². The van der Waals surface area contributed by atoms with Crippen molar-refractivity contribution in [3.8, 4) is 0 Å². The predicted molar refractivity (Wildman–Crippen MR) is 129 cm³/mol. The molecule has 0 aromatic rings. The third kappa shape index (κ3) is 3.83. The summed E-state index contributed by atoms with van der Waals surface area (Å²) in [6, 6.07) is -1.18. The molecule has 0 aromatic carbocycles. The fourth-order valence-electron chi connectivity index (χ4n) is 5.98. The van der Waals surface area contributed by atoms with Crippen LogP contribution in [-0.2, 0) is 14.4 Å². The van der Waals surface area contributed by atoms with Crippen LogP contribution in [-0.4, -0.2) is 92.9 Å². The van der Waals surface area contributed by atoms with E-state index >= 15 is 0 Å². The summed E-state index contributed by atoms with van der Waals surface area (Å²) < 4.78 is -0.802. The number of likely N-dealkylation sites (tertiary alicyclic amines) is 1. The molecular formula is C25H37N3O4S. The van der Waals surface area contributed by atoms with Gasteiger partial charge in [0.1, 0.15) is 6.04 Å². The fourth-order valence-corrected chi connectivity index (χ4v) is 7.97. The standard InChI is InChI=1S/C25H37N3O4S/c1-5-6-7-13-27-14-9-11-25-20(19-18(33-25)10-8-12-26(4)22(19)30)23(31)28(21(25)24(27)32)17(15-29)16(2)3/h8-11,16-21,29H,5-7,12-15H2,1-4H3/t17-,18-,19+,20-,21?,25-/m0/s1. The van der Waals surface area contributed by atoms with Crippen LogP contribution >= 0.6 is 11.8 Å². The number of likely N-dealkylation sites (N-methyl/N-ethyl adjacent to an activating group) is 1. The zero-order chi connectivity index (χ0) is 23.9. The molecule has 1 spiro atoms.